The van der Waals surface area contributed by atoms with E-state index in [1.165, 1.54) is 41.7 Å². The van der Waals surface area contributed by atoms with Crippen molar-refractivity contribution in [1.82, 2.24) is 4.90 Å². The number of ketones is 1. The van der Waals surface area contributed by atoms with Gasteiger partial charge in [0.15, 0.2) is 5.75 Å². The van der Waals surface area contributed by atoms with Crippen molar-refractivity contribution in [2.45, 2.75) is 17.9 Å². The zero-order chi connectivity index (χ0) is 26.2. The monoisotopic (exact) mass is 515 g/mol. The number of rotatable bonds is 9. The van der Waals surface area contributed by atoms with Crippen LogP contribution < -0.4 is 9.47 Å². The Labute approximate surface area is 219 Å². The summed E-state index contributed by atoms with van der Waals surface area (Å²) in [5, 5.41) is 9.40. The highest BCUT2D eigenvalue weighted by Gasteiger charge is 2.37. The van der Waals surface area contributed by atoms with Gasteiger partial charge in [0.25, 0.3) is 0 Å². The van der Waals surface area contributed by atoms with E-state index in [0.717, 1.165) is 0 Å². The Morgan fingerprint density at radius 3 is 2.41 bits per heavy atom. The van der Waals surface area contributed by atoms with Crippen molar-refractivity contribution < 1.29 is 28.2 Å². The number of fused-ring (bicyclic) bond motifs is 1. The average Bonchev–Trinajstić information content (AvgIpc) is 3.19. The summed E-state index contributed by atoms with van der Waals surface area (Å²) < 4.78 is 38.8. The number of ether oxygens (including phenoxy) is 2. The normalized spacial score (nSPS) is 14.4. The molecule has 37 heavy (non-hydrogen) atoms. The molecule has 0 unspecified atom stereocenters. The summed E-state index contributed by atoms with van der Waals surface area (Å²) in [6.07, 6.45) is -0.0693. The van der Waals surface area contributed by atoms with Crippen LogP contribution in [0.3, 0.4) is 0 Å². The zero-order valence-electron chi connectivity index (χ0n) is 19.7. The second-order valence-corrected chi connectivity index (χ2v) is 9.98. The Balaban J connectivity index is 1.33. The maximum Gasteiger partial charge on any atom is 0.206 e. The topological polar surface area (TPSA) is 59.0 Å². The number of hydrogen-bond acceptors (Lipinski definition) is 6. The quantitative estimate of drug-likeness (QED) is 0.246. The number of aromatic hydroxyl groups is 1. The zero-order valence-corrected chi connectivity index (χ0v) is 20.5. The maximum absolute atomic E-state index is 13.4. The SMILES string of the molecule is [B]C([B])(CCF)N1CC(Oc2ccc(Oc3c(C(=O)c4ccc(F)cc4)sc4cc(O)ccc34)cc2)C1. The van der Waals surface area contributed by atoms with Gasteiger partial charge in [0.2, 0.25) is 5.78 Å². The number of alkyl halides is 1. The fourth-order valence-corrected chi connectivity index (χ4v) is 5.23. The first-order chi connectivity index (χ1) is 17.7. The van der Waals surface area contributed by atoms with Crippen LogP contribution in [0.25, 0.3) is 10.1 Å². The van der Waals surface area contributed by atoms with E-state index in [0.29, 0.717) is 50.9 Å². The van der Waals surface area contributed by atoms with E-state index in [1.54, 1.807) is 41.3 Å². The minimum absolute atomic E-state index is 0.0499. The molecule has 1 N–H and O–H groups in total. The molecule has 4 radical (unpaired) electrons. The molecule has 2 heterocycles. The molecule has 3 aromatic carbocycles. The molecule has 1 fully saturated rings. The molecule has 1 aromatic heterocycles. The van der Waals surface area contributed by atoms with Gasteiger partial charge in [-0.05, 0) is 73.2 Å². The minimum atomic E-state index is -1.19. The number of phenols is 1. The van der Waals surface area contributed by atoms with E-state index in [4.69, 9.17) is 25.2 Å². The molecule has 0 bridgehead atoms. The number of thiophene rings is 1. The van der Waals surface area contributed by atoms with E-state index in [-0.39, 0.29) is 24.1 Å². The van der Waals surface area contributed by atoms with Crippen molar-refractivity contribution in [1.29, 1.82) is 0 Å². The molecular formula is C27H21B2F2NO4S. The molecule has 10 heteroatoms. The van der Waals surface area contributed by atoms with Crippen molar-refractivity contribution in [3.63, 3.8) is 0 Å². The maximum atomic E-state index is 13.4. The molecule has 0 spiro atoms. The molecule has 1 aliphatic heterocycles. The van der Waals surface area contributed by atoms with Gasteiger partial charge in [-0.1, -0.05) is 5.34 Å². The minimum Gasteiger partial charge on any atom is -0.508 e. The molecule has 1 saturated heterocycles. The predicted molar refractivity (Wildman–Crippen MR) is 141 cm³/mol. The van der Waals surface area contributed by atoms with Crippen LogP contribution in [0, 0.1) is 5.82 Å². The van der Waals surface area contributed by atoms with Crippen molar-refractivity contribution in [2.75, 3.05) is 19.8 Å². The molecule has 184 valence electrons. The van der Waals surface area contributed by atoms with E-state index in [9.17, 15) is 18.7 Å². The Kier molecular flexibility index (Phi) is 6.96. The van der Waals surface area contributed by atoms with Crippen molar-refractivity contribution in [2.24, 2.45) is 0 Å². The molecule has 1 aliphatic rings. The van der Waals surface area contributed by atoms with Crippen LogP contribution in [-0.2, 0) is 0 Å². The Morgan fingerprint density at radius 2 is 1.73 bits per heavy atom. The number of phenolic OH excluding ortho intramolecular Hbond substituents is 1. The third kappa shape index (κ3) is 5.36. The summed E-state index contributed by atoms with van der Waals surface area (Å²) in [4.78, 5) is 15.4. The first-order valence-corrected chi connectivity index (χ1v) is 12.4. The van der Waals surface area contributed by atoms with Gasteiger partial charge in [-0.3, -0.25) is 9.18 Å². The molecule has 4 aromatic rings. The second kappa shape index (κ2) is 10.2. The van der Waals surface area contributed by atoms with Crippen LogP contribution >= 0.6 is 11.3 Å². The van der Waals surface area contributed by atoms with Crippen LogP contribution in [0.4, 0.5) is 8.78 Å². The molecule has 5 rings (SSSR count). The first-order valence-electron chi connectivity index (χ1n) is 11.6. The summed E-state index contributed by atoms with van der Waals surface area (Å²) >= 11 is 1.19. The summed E-state index contributed by atoms with van der Waals surface area (Å²) in [5.74, 6) is 0.778. The van der Waals surface area contributed by atoms with E-state index < -0.39 is 17.8 Å². The molecule has 0 saturated carbocycles. The summed E-state index contributed by atoms with van der Waals surface area (Å²) in [7, 11) is 11.9. The van der Waals surface area contributed by atoms with Gasteiger partial charge in [-0.15, -0.1) is 11.3 Å². The van der Waals surface area contributed by atoms with Crippen LogP contribution in [0.1, 0.15) is 21.7 Å². The fourth-order valence-electron chi connectivity index (χ4n) is 4.10. The average molecular weight is 515 g/mol. The number of hydrogen-bond donors (Lipinski definition) is 1. The van der Waals surface area contributed by atoms with E-state index in [1.807, 2.05) is 0 Å². The number of benzene rings is 3. The lowest BCUT2D eigenvalue weighted by Crippen LogP contribution is -2.64. The lowest BCUT2D eigenvalue weighted by atomic mass is 9.58. The molecule has 0 amide bonds. The van der Waals surface area contributed by atoms with Crippen molar-refractivity contribution in [3.8, 4) is 23.0 Å². The first kappa shape index (κ1) is 25.3. The standard InChI is InChI=1S/C27H21B2F2NO4S/c28-27(29,11-12-30)32-14-21(15-32)35-19-6-8-20(9-7-19)36-25-22-10-5-18(33)13-23(22)37-26(25)24(34)16-1-3-17(31)4-2-16/h1-10,13,21,33H,11-12,14-15H2. The van der Waals surface area contributed by atoms with Gasteiger partial charge < -0.3 is 19.5 Å². The number of halogens is 2. The second-order valence-electron chi connectivity index (χ2n) is 8.93. The van der Waals surface area contributed by atoms with Gasteiger partial charge >= 0.3 is 0 Å². The summed E-state index contributed by atoms with van der Waals surface area (Å²) in [6, 6.07) is 17.0. The number of likely N-dealkylation sites (tertiary alicyclic amines) is 1. The Bertz CT molecular complexity index is 1420. The predicted octanol–water partition coefficient (Wildman–Crippen LogP) is 5.18. The van der Waals surface area contributed by atoms with Crippen LogP contribution in [-0.4, -0.2) is 62.7 Å². The van der Waals surface area contributed by atoms with Gasteiger partial charge in [0.1, 0.15) is 34.0 Å². The Morgan fingerprint density at radius 1 is 1.05 bits per heavy atom. The number of carbonyl (C=O) groups excluding carboxylic acids is 1. The van der Waals surface area contributed by atoms with Gasteiger partial charge in [0, 0.05) is 28.7 Å². The number of nitrogens with zero attached hydrogens (tertiary/aromatic N) is 1. The highest BCUT2D eigenvalue weighted by atomic mass is 32.1. The number of carbonyl (C=O) groups is 1. The van der Waals surface area contributed by atoms with Gasteiger partial charge in [0.05, 0.1) is 22.4 Å². The lowest BCUT2D eigenvalue weighted by Gasteiger charge is -2.49. The van der Waals surface area contributed by atoms with E-state index >= 15 is 0 Å². The highest BCUT2D eigenvalue weighted by molar-refractivity contribution is 7.21. The molecule has 0 atom stereocenters. The molecule has 0 aliphatic carbocycles. The fraction of sp³-hybridized carbons (Fsp3) is 0.222. The van der Waals surface area contributed by atoms with Gasteiger partial charge in [-0.25, -0.2) is 4.39 Å². The molecular weight excluding hydrogens is 494 g/mol. The smallest absolute Gasteiger partial charge is 0.206 e. The van der Waals surface area contributed by atoms with Crippen LogP contribution in [0.15, 0.2) is 66.7 Å². The van der Waals surface area contributed by atoms with Crippen LogP contribution in [0.2, 0.25) is 0 Å². The Hall–Kier alpha value is -3.36. The largest absolute Gasteiger partial charge is 0.508 e. The van der Waals surface area contributed by atoms with Crippen molar-refractivity contribution >= 4 is 42.9 Å². The highest BCUT2D eigenvalue weighted by Crippen LogP contribution is 2.43. The molecule has 5 nitrogen and oxygen atoms in total. The lowest BCUT2D eigenvalue weighted by molar-refractivity contribution is -0.00398. The van der Waals surface area contributed by atoms with Gasteiger partial charge in [-0.2, -0.15) is 0 Å². The van der Waals surface area contributed by atoms with E-state index in [2.05, 4.69) is 0 Å². The third-order valence-corrected chi connectivity index (χ3v) is 7.35. The summed E-state index contributed by atoms with van der Waals surface area (Å²) in [6.45, 7) is 0.399. The third-order valence-electron chi connectivity index (χ3n) is 6.22. The van der Waals surface area contributed by atoms with Crippen molar-refractivity contribution in [3.05, 3.63) is 83.0 Å². The van der Waals surface area contributed by atoms with Crippen LogP contribution in [0.5, 0.6) is 23.0 Å². The summed E-state index contributed by atoms with van der Waals surface area (Å²) in [5.41, 5.74) is 0.325.